The van der Waals surface area contributed by atoms with Crippen molar-refractivity contribution in [2.24, 2.45) is 5.73 Å². The Morgan fingerprint density at radius 1 is 0.944 bits per heavy atom. The lowest BCUT2D eigenvalue weighted by Gasteiger charge is -2.39. The third-order valence-corrected chi connectivity index (χ3v) is 7.79. The number of ketones is 1. The molecule has 5 rings (SSSR count). The molecule has 3 aromatic carbocycles. The molecule has 1 aliphatic heterocycles. The first-order chi connectivity index (χ1) is 16.9. The van der Waals surface area contributed by atoms with Gasteiger partial charge < -0.3 is 15.5 Å². The third kappa shape index (κ3) is 4.45. The Hall–Kier alpha value is -2.73. The number of nitrogens with two attached hydrogens (primary N) is 1. The number of unbranched alkanes of at least 4 members (excludes halogenated alkanes) is 1. The predicted octanol–water partition coefficient (Wildman–Crippen LogP) is 6.39. The normalized spacial score (nSPS) is 14.4. The van der Waals surface area contributed by atoms with Gasteiger partial charge in [-0.05, 0) is 47.7 Å². The number of amides is 1. The number of anilines is 2. The third-order valence-electron chi connectivity index (χ3n) is 6.99. The second kappa shape index (κ2) is 10.7. The molecule has 1 aliphatic carbocycles. The number of carbonyl (C=O) groups is 2. The van der Waals surface area contributed by atoms with Crippen molar-refractivity contribution >= 4 is 58.7 Å². The van der Waals surface area contributed by atoms with E-state index in [1.807, 2.05) is 42.5 Å². The summed E-state index contributed by atoms with van der Waals surface area (Å²) in [7, 11) is 0. The van der Waals surface area contributed by atoms with Crippen molar-refractivity contribution in [1.29, 1.82) is 0 Å². The van der Waals surface area contributed by atoms with Crippen LogP contribution < -0.4 is 15.5 Å². The molecule has 188 valence electrons. The van der Waals surface area contributed by atoms with Gasteiger partial charge in [0.25, 0.3) is 5.91 Å². The van der Waals surface area contributed by atoms with E-state index in [2.05, 4.69) is 16.7 Å². The highest BCUT2D eigenvalue weighted by Gasteiger charge is 2.36. The molecule has 0 unspecified atom stereocenters. The zero-order chi connectivity index (χ0) is 24.7. The van der Waals surface area contributed by atoms with E-state index in [0.29, 0.717) is 58.6 Å². The molecule has 0 radical (unpaired) electrons. The summed E-state index contributed by atoms with van der Waals surface area (Å²) >= 11 is 12.7. The van der Waals surface area contributed by atoms with E-state index in [9.17, 15) is 9.59 Å². The number of hydrogen-bond acceptors (Lipinski definition) is 4. The van der Waals surface area contributed by atoms with Gasteiger partial charge in [0.05, 0.1) is 32.5 Å². The van der Waals surface area contributed by atoms with Crippen molar-refractivity contribution in [1.82, 2.24) is 0 Å². The summed E-state index contributed by atoms with van der Waals surface area (Å²) in [5.41, 5.74) is 12.0. The van der Waals surface area contributed by atoms with Crippen LogP contribution in [-0.4, -0.2) is 37.9 Å². The minimum atomic E-state index is -0.488. The molecule has 0 atom stereocenters. The van der Waals surface area contributed by atoms with Crippen molar-refractivity contribution < 1.29 is 9.59 Å². The van der Waals surface area contributed by atoms with Crippen molar-refractivity contribution in [2.75, 3.05) is 36.0 Å². The Bertz CT molecular complexity index is 1330. The van der Waals surface area contributed by atoms with Gasteiger partial charge in [0.2, 0.25) is 0 Å². The zero-order valence-corrected chi connectivity index (χ0v) is 22.3. The van der Waals surface area contributed by atoms with Gasteiger partial charge in [-0.1, -0.05) is 66.9 Å². The van der Waals surface area contributed by atoms with E-state index in [1.54, 1.807) is 6.07 Å². The standard InChI is InChI=1S/C28H27Cl2N3O2.ClH/c1-2-3-7-17-16-20-18-8-4-5-9-19(18)27(34)24(20)26(23(17)28(31)35)33-14-12-32(13-15-33)22-11-6-10-21(29)25(22)30;/h4-6,8-11,16H,2-3,7,12-15H2,1H3,(H2,31,35);1H. The molecule has 3 aromatic rings. The number of rotatable bonds is 6. The first kappa shape index (κ1) is 26.3. The molecule has 1 fully saturated rings. The number of nitrogens with zero attached hydrogens (tertiary/aromatic N) is 2. The molecule has 1 heterocycles. The molecule has 0 aromatic heterocycles. The Morgan fingerprint density at radius 2 is 1.61 bits per heavy atom. The Balaban J connectivity index is 0.00000304. The summed E-state index contributed by atoms with van der Waals surface area (Å²) in [5.74, 6) is -0.534. The Labute approximate surface area is 227 Å². The van der Waals surface area contributed by atoms with Crippen LogP contribution in [0.1, 0.15) is 51.6 Å². The maximum Gasteiger partial charge on any atom is 0.251 e. The van der Waals surface area contributed by atoms with Gasteiger partial charge in [0.15, 0.2) is 5.78 Å². The minimum absolute atomic E-state index is 0. The van der Waals surface area contributed by atoms with Crippen LogP contribution in [0.4, 0.5) is 11.4 Å². The fraction of sp³-hybridized carbons (Fsp3) is 0.286. The van der Waals surface area contributed by atoms with Crippen molar-refractivity contribution in [2.45, 2.75) is 26.2 Å². The van der Waals surface area contributed by atoms with Crippen LogP contribution in [-0.2, 0) is 6.42 Å². The maximum absolute atomic E-state index is 13.6. The summed E-state index contributed by atoms with van der Waals surface area (Å²) in [5, 5.41) is 1.06. The van der Waals surface area contributed by atoms with E-state index in [-0.39, 0.29) is 18.2 Å². The first-order valence-electron chi connectivity index (χ1n) is 12.0. The molecule has 1 amide bonds. The van der Waals surface area contributed by atoms with Crippen LogP contribution in [0.25, 0.3) is 11.1 Å². The first-order valence-corrected chi connectivity index (χ1v) is 12.8. The van der Waals surface area contributed by atoms with Crippen molar-refractivity contribution in [3.8, 4) is 11.1 Å². The number of benzene rings is 3. The minimum Gasteiger partial charge on any atom is -0.367 e. The highest BCUT2D eigenvalue weighted by atomic mass is 35.5. The Kier molecular flexibility index (Phi) is 7.84. The number of primary amides is 1. The van der Waals surface area contributed by atoms with E-state index in [1.165, 1.54) is 0 Å². The average molecular weight is 545 g/mol. The van der Waals surface area contributed by atoms with Gasteiger partial charge in [-0.3, -0.25) is 9.59 Å². The highest BCUT2D eigenvalue weighted by Crippen LogP contribution is 2.45. The van der Waals surface area contributed by atoms with Gasteiger partial charge in [-0.25, -0.2) is 0 Å². The van der Waals surface area contributed by atoms with Gasteiger partial charge in [0, 0.05) is 31.7 Å². The van der Waals surface area contributed by atoms with Crippen LogP contribution in [0.2, 0.25) is 10.0 Å². The van der Waals surface area contributed by atoms with E-state index < -0.39 is 5.91 Å². The molecule has 0 bridgehead atoms. The number of fused-ring (bicyclic) bond motifs is 3. The second-order valence-corrected chi connectivity index (χ2v) is 9.86. The second-order valence-electron chi connectivity index (χ2n) is 9.07. The average Bonchev–Trinajstić information content (AvgIpc) is 3.15. The molecular weight excluding hydrogens is 517 g/mol. The van der Waals surface area contributed by atoms with Crippen LogP contribution in [0.5, 0.6) is 0 Å². The van der Waals surface area contributed by atoms with Gasteiger partial charge >= 0.3 is 0 Å². The zero-order valence-electron chi connectivity index (χ0n) is 20.0. The summed E-state index contributed by atoms with van der Waals surface area (Å²) in [6.07, 6.45) is 2.68. The lowest BCUT2D eigenvalue weighted by molar-refractivity contribution is 0.0999. The predicted molar refractivity (Wildman–Crippen MR) is 151 cm³/mol. The van der Waals surface area contributed by atoms with Gasteiger partial charge in [0.1, 0.15) is 0 Å². The van der Waals surface area contributed by atoms with Crippen molar-refractivity contribution in [3.63, 3.8) is 0 Å². The van der Waals surface area contributed by atoms with E-state index >= 15 is 0 Å². The van der Waals surface area contributed by atoms with Crippen molar-refractivity contribution in [3.05, 3.63) is 80.8 Å². The van der Waals surface area contributed by atoms with Gasteiger partial charge in [-0.2, -0.15) is 0 Å². The molecule has 0 saturated carbocycles. The number of carbonyl (C=O) groups excluding carboxylic acids is 2. The largest absolute Gasteiger partial charge is 0.367 e. The monoisotopic (exact) mass is 543 g/mol. The lowest BCUT2D eigenvalue weighted by atomic mass is 9.91. The van der Waals surface area contributed by atoms with Crippen LogP contribution >= 0.6 is 35.6 Å². The maximum atomic E-state index is 13.6. The van der Waals surface area contributed by atoms with Crippen LogP contribution in [0, 0.1) is 0 Å². The molecular formula is C28H28Cl3N3O2. The SMILES string of the molecule is CCCCc1cc2c(c(N3CCN(c4cccc(Cl)c4Cl)CC3)c1C(N)=O)C(=O)c1ccccc1-2.Cl. The molecule has 5 nitrogen and oxygen atoms in total. The summed E-state index contributed by atoms with van der Waals surface area (Å²) in [4.78, 5) is 30.8. The quantitative estimate of drug-likeness (QED) is 0.305. The summed E-state index contributed by atoms with van der Waals surface area (Å²) in [6.45, 7) is 4.71. The Morgan fingerprint density at radius 3 is 2.28 bits per heavy atom. The fourth-order valence-corrected chi connectivity index (χ4v) is 5.69. The summed E-state index contributed by atoms with van der Waals surface area (Å²) in [6, 6.07) is 15.3. The lowest BCUT2D eigenvalue weighted by Crippen LogP contribution is -2.47. The summed E-state index contributed by atoms with van der Waals surface area (Å²) < 4.78 is 0. The van der Waals surface area contributed by atoms with E-state index in [0.717, 1.165) is 41.6 Å². The highest BCUT2D eigenvalue weighted by molar-refractivity contribution is 6.43. The molecule has 36 heavy (non-hydrogen) atoms. The molecule has 2 aliphatic rings. The number of aryl methyl sites for hydroxylation is 1. The van der Waals surface area contributed by atoms with Gasteiger partial charge in [-0.15, -0.1) is 12.4 Å². The molecule has 8 heteroatoms. The molecule has 1 saturated heterocycles. The number of hydrogen-bond donors (Lipinski definition) is 1. The number of piperazine rings is 1. The van der Waals surface area contributed by atoms with Crippen LogP contribution in [0.3, 0.4) is 0 Å². The fourth-order valence-electron chi connectivity index (χ4n) is 5.28. The number of halogens is 3. The molecule has 0 spiro atoms. The van der Waals surface area contributed by atoms with Crippen LogP contribution in [0.15, 0.2) is 48.5 Å². The molecule has 2 N–H and O–H groups in total. The topological polar surface area (TPSA) is 66.6 Å². The van der Waals surface area contributed by atoms with E-state index in [4.69, 9.17) is 28.9 Å². The smallest absolute Gasteiger partial charge is 0.251 e.